The van der Waals surface area contributed by atoms with Crippen molar-refractivity contribution in [3.8, 4) is 11.4 Å². The fourth-order valence-corrected chi connectivity index (χ4v) is 3.02. The molecule has 1 aliphatic rings. The van der Waals surface area contributed by atoms with Crippen LogP contribution >= 0.6 is 0 Å². The van der Waals surface area contributed by atoms with Crippen molar-refractivity contribution in [2.75, 3.05) is 17.2 Å². The highest BCUT2D eigenvalue weighted by Crippen LogP contribution is 2.36. The molecule has 138 valence electrons. The molecule has 1 aromatic heterocycles. The molecule has 3 aromatic rings. The van der Waals surface area contributed by atoms with Crippen molar-refractivity contribution in [1.82, 2.24) is 20.2 Å². The maximum Gasteiger partial charge on any atom is 0.243 e. The molecule has 0 unspecified atom stereocenters. The van der Waals surface area contributed by atoms with Crippen molar-refractivity contribution in [3.63, 3.8) is 0 Å². The predicted octanol–water partition coefficient (Wildman–Crippen LogP) is 3.34. The molecular formula is C20H22N6O. The van der Waals surface area contributed by atoms with Crippen LogP contribution < -0.4 is 10.6 Å². The Morgan fingerprint density at radius 3 is 2.63 bits per heavy atom. The Bertz CT molecular complexity index is 959. The molecule has 0 bridgehead atoms. The van der Waals surface area contributed by atoms with Gasteiger partial charge in [-0.05, 0) is 73.0 Å². The van der Waals surface area contributed by atoms with Gasteiger partial charge in [-0.3, -0.25) is 4.79 Å². The zero-order chi connectivity index (χ0) is 18.8. The van der Waals surface area contributed by atoms with Gasteiger partial charge >= 0.3 is 0 Å². The van der Waals surface area contributed by atoms with Crippen LogP contribution in [0.15, 0.2) is 42.5 Å². The van der Waals surface area contributed by atoms with Gasteiger partial charge in [-0.1, -0.05) is 17.7 Å². The summed E-state index contributed by atoms with van der Waals surface area (Å²) in [6.45, 7) is 4.23. The first-order valence-corrected chi connectivity index (χ1v) is 9.09. The van der Waals surface area contributed by atoms with Crippen molar-refractivity contribution in [1.29, 1.82) is 0 Å². The van der Waals surface area contributed by atoms with E-state index in [1.807, 2.05) is 54.9 Å². The molecule has 2 N–H and O–H groups in total. The van der Waals surface area contributed by atoms with Crippen molar-refractivity contribution in [2.24, 2.45) is 0 Å². The molecule has 0 aliphatic heterocycles. The van der Waals surface area contributed by atoms with Crippen molar-refractivity contribution in [3.05, 3.63) is 53.6 Å². The Kier molecular flexibility index (Phi) is 4.58. The minimum absolute atomic E-state index is 0.0799. The molecule has 27 heavy (non-hydrogen) atoms. The fraction of sp³-hybridized carbons (Fsp3) is 0.300. The van der Waals surface area contributed by atoms with Crippen LogP contribution in [0, 0.1) is 13.8 Å². The van der Waals surface area contributed by atoms with Crippen LogP contribution in [-0.4, -0.2) is 32.7 Å². The molecule has 0 saturated heterocycles. The average Bonchev–Trinajstić information content (AvgIpc) is 3.39. The van der Waals surface area contributed by atoms with Crippen LogP contribution in [-0.2, 0) is 4.79 Å². The molecule has 1 saturated carbocycles. The topological polar surface area (TPSA) is 84.7 Å². The van der Waals surface area contributed by atoms with Gasteiger partial charge in [0.05, 0.1) is 12.6 Å². The van der Waals surface area contributed by atoms with Crippen LogP contribution in [0.5, 0.6) is 0 Å². The molecule has 1 fully saturated rings. The summed E-state index contributed by atoms with van der Waals surface area (Å²) >= 11 is 0. The Morgan fingerprint density at radius 1 is 1.15 bits per heavy atom. The molecule has 0 radical (unpaired) electrons. The predicted molar refractivity (Wildman–Crippen MR) is 105 cm³/mol. The van der Waals surface area contributed by atoms with Gasteiger partial charge in [-0.2, -0.15) is 0 Å². The van der Waals surface area contributed by atoms with E-state index in [9.17, 15) is 4.79 Å². The maximum absolute atomic E-state index is 12.2. The lowest BCUT2D eigenvalue weighted by molar-refractivity contribution is -0.114. The van der Waals surface area contributed by atoms with E-state index < -0.39 is 0 Å². The number of nitrogens with one attached hydrogen (secondary N) is 2. The largest absolute Gasteiger partial charge is 0.376 e. The van der Waals surface area contributed by atoms with E-state index in [0.717, 1.165) is 41.2 Å². The number of nitrogens with zero attached hydrogens (tertiary/aromatic N) is 4. The third-order valence-electron chi connectivity index (χ3n) is 4.64. The summed E-state index contributed by atoms with van der Waals surface area (Å²) in [6.07, 6.45) is 2.26. The third kappa shape index (κ3) is 3.97. The Balaban J connectivity index is 1.36. The van der Waals surface area contributed by atoms with Gasteiger partial charge in [0.2, 0.25) is 5.91 Å². The number of amides is 1. The van der Waals surface area contributed by atoms with E-state index in [2.05, 4.69) is 32.2 Å². The molecular weight excluding hydrogens is 340 g/mol. The van der Waals surface area contributed by atoms with Crippen molar-refractivity contribution in [2.45, 2.75) is 32.7 Å². The Hall–Kier alpha value is -3.22. The van der Waals surface area contributed by atoms with E-state index in [1.54, 1.807) is 0 Å². The van der Waals surface area contributed by atoms with Gasteiger partial charge in [0, 0.05) is 16.9 Å². The van der Waals surface area contributed by atoms with Gasteiger partial charge < -0.3 is 10.6 Å². The van der Waals surface area contributed by atoms with Gasteiger partial charge in [-0.25, -0.2) is 4.68 Å². The van der Waals surface area contributed by atoms with Crippen LogP contribution in [0.1, 0.15) is 30.0 Å². The second kappa shape index (κ2) is 7.19. The number of hydrogen-bond donors (Lipinski definition) is 2. The van der Waals surface area contributed by atoms with Crippen molar-refractivity contribution < 1.29 is 4.79 Å². The van der Waals surface area contributed by atoms with E-state index in [0.29, 0.717) is 6.04 Å². The number of rotatable bonds is 6. The molecule has 2 aromatic carbocycles. The standard InChI is InChI=1S/C20H22N6O/c1-13-3-10-18(14(2)11-13)22-19(27)12-21-16-6-4-15(5-7-16)20-23-24-25-26(20)17-8-9-17/h3-7,10-11,17,21H,8-9,12H2,1-2H3,(H,22,27). The number of carbonyl (C=O) groups is 1. The molecule has 0 atom stereocenters. The summed E-state index contributed by atoms with van der Waals surface area (Å²) in [6, 6.07) is 14.2. The lowest BCUT2D eigenvalue weighted by atomic mass is 10.1. The number of aromatic nitrogens is 4. The smallest absolute Gasteiger partial charge is 0.243 e. The second-order valence-electron chi connectivity index (χ2n) is 6.98. The fourth-order valence-electron chi connectivity index (χ4n) is 3.02. The lowest BCUT2D eigenvalue weighted by Gasteiger charge is -2.11. The van der Waals surface area contributed by atoms with Crippen molar-refractivity contribution >= 4 is 17.3 Å². The summed E-state index contributed by atoms with van der Waals surface area (Å²) in [5, 5.41) is 18.1. The zero-order valence-corrected chi connectivity index (χ0v) is 15.4. The summed E-state index contributed by atoms with van der Waals surface area (Å²) in [5.41, 5.74) is 4.92. The first kappa shape index (κ1) is 17.2. The molecule has 1 amide bonds. The number of benzene rings is 2. The number of aryl methyl sites for hydroxylation is 2. The highest BCUT2D eigenvalue weighted by molar-refractivity contribution is 5.94. The van der Waals surface area contributed by atoms with E-state index >= 15 is 0 Å². The first-order chi connectivity index (χ1) is 13.1. The first-order valence-electron chi connectivity index (χ1n) is 9.09. The minimum atomic E-state index is -0.0799. The lowest BCUT2D eigenvalue weighted by Crippen LogP contribution is -2.22. The Morgan fingerprint density at radius 2 is 1.93 bits per heavy atom. The molecule has 7 heteroatoms. The monoisotopic (exact) mass is 362 g/mol. The maximum atomic E-state index is 12.2. The van der Waals surface area contributed by atoms with E-state index in [1.165, 1.54) is 5.56 Å². The summed E-state index contributed by atoms with van der Waals surface area (Å²) in [5.74, 6) is 0.709. The SMILES string of the molecule is Cc1ccc(NC(=O)CNc2ccc(-c3nnnn3C3CC3)cc2)c(C)c1. The number of carbonyl (C=O) groups excluding carboxylic acids is 1. The highest BCUT2D eigenvalue weighted by atomic mass is 16.1. The highest BCUT2D eigenvalue weighted by Gasteiger charge is 2.28. The summed E-state index contributed by atoms with van der Waals surface area (Å²) in [4.78, 5) is 12.2. The average molecular weight is 362 g/mol. The summed E-state index contributed by atoms with van der Waals surface area (Å²) < 4.78 is 1.89. The third-order valence-corrected chi connectivity index (χ3v) is 4.64. The van der Waals surface area contributed by atoms with Crippen LogP contribution in [0.3, 0.4) is 0 Å². The van der Waals surface area contributed by atoms with Crippen LogP contribution in [0.2, 0.25) is 0 Å². The molecule has 1 aliphatic carbocycles. The zero-order valence-electron chi connectivity index (χ0n) is 15.4. The molecule has 7 nitrogen and oxygen atoms in total. The quantitative estimate of drug-likeness (QED) is 0.702. The van der Waals surface area contributed by atoms with Gasteiger partial charge in [-0.15, -0.1) is 5.10 Å². The number of hydrogen-bond acceptors (Lipinski definition) is 5. The van der Waals surface area contributed by atoms with E-state index in [-0.39, 0.29) is 12.5 Å². The van der Waals surface area contributed by atoms with E-state index in [4.69, 9.17) is 0 Å². The van der Waals surface area contributed by atoms with Gasteiger partial charge in [0.1, 0.15) is 0 Å². The van der Waals surface area contributed by atoms with Gasteiger partial charge in [0.25, 0.3) is 0 Å². The molecule has 1 heterocycles. The van der Waals surface area contributed by atoms with Crippen LogP contribution in [0.4, 0.5) is 11.4 Å². The van der Waals surface area contributed by atoms with Gasteiger partial charge in [0.15, 0.2) is 5.82 Å². The minimum Gasteiger partial charge on any atom is -0.376 e. The Labute approximate surface area is 157 Å². The molecule has 4 rings (SSSR count). The normalized spacial score (nSPS) is 13.4. The number of anilines is 2. The second-order valence-corrected chi connectivity index (χ2v) is 6.98. The molecule has 0 spiro atoms. The number of tetrazole rings is 1. The summed E-state index contributed by atoms with van der Waals surface area (Å²) in [7, 11) is 0. The van der Waals surface area contributed by atoms with Crippen LogP contribution in [0.25, 0.3) is 11.4 Å².